The number of aromatic nitrogens is 9. The van der Waals surface area contributed by atoms with E-state index < -0.39 is 106 Å². The number of rotatable bonds is 12. The molecular weight excluding hydrogens is 906 g/mol. The van der Waals surface area contributed by atoms with Crippen molar-refractivity contribution in [1.29, 1.82) is 0 Å². The average molecular weight is 934 g/mol. The molecule has 0 saturated heterocycles. The Balaban J connectivity index is 1.26. The number of hydrogen-bond donors (Lipinski definition) is 2. The third kappa shape index (κ3) is 7.46. The summed E-state index contributed by atoms with van der Waals surface area (Å²) in [5, 5.41) is 10.2. The second kappa shape index (κ2) is 15.3. The van der Waals surface area contributed by atoms with Gasteiger partial charge in [-0.05, 0) is 60.4 Å². The van der Waals surface area contributed by atoms with E-state index in [1.54, 1.807) is 0 Å². The van der Waals surface area contributed by atoms with E-state index in [-0.39, 0.29) is 67.5 Å². The number of amides is 1. The Morgan fingerprint density at radius 2 is 1.72 bits per heavy atom. The summed E-state index contributed by atoms with van der Waals surface area (Å²) in [6.45, 7) is -1.07. The van der Waals surface area contributed by atoms with Gasteiger partial charge < -0.3 is 5.32 Å². The number of sulfonamides is 1. The summed E-state index contributed by atoms with van der Waals surface area (Å²) in [4.78, 5) is 45.9. The second-order valence-corrected chi connectivity index (χ2v) is 17.4. The van der Waals surface area contributed by atoms with Crippen LogP contribution in [0.2, 0.25) is 5.02 Å². The number of carbonyl (C=O) groups excluding carboxylic acids is 1. The van der Waals surface area contributed by atoms with Crippen LogP contribution < -0.4 is 15.6 Å². The molecule has 25 heteroatoms. The second-order valence-electron chi connectivity index (χ2n) is 15.2. The SMILES string of the molecule is Cn1nc(NS(C)(=O)=O)c2c(Cl)ccc(-n3c([C@H](Cc4cc(F)cc(F)c4)NC(=O)Cn4nc(C(F)F)c5c4C(F)(F)[C@@H]4C[C@H]54)nc4nc(-c5nccc(C(F)F)n5)ccc4c3=O)c21. The Kier molecular flexibility index (Phi) is 10.2. The normalized spacial score (nSPS) is 17.0. The van der Waals surface area contributed by atoms with E-state index in [2.05, 4.69) is 40.2 Å². The highest BCUT2D eigenvalue weighted by Gasteiger charge is 2.67. The van der Waals surface area contributed by atoms with Crippen molar-refractivity contribution in [3.63, 3.8) is 0 Å². The van der Waals surface area contributed by atoms with E-state index >= 15 is 8.78 Å². The van der Waals surface area contributed by atoms with Gasteiger partial charge in [0.15, 0.2) is 17.3 Å². The molecule has 15 nitrogen and oxygen atoms in total. The number of carbonyl (C=O) groups is 1. The van der Waals surface area contributed by atoms with Crippen LogP contribution in [0.15, 0.2) is 59.5 Å². The zero-order valence-electron chi connectivity index (χ0n) is 32.7. The Hall–Kier alpha value is -6.56. The van der Waals surface area contributed by atoms with Crippen LogP contribution in [0.25, 0.3) is 39.1 Å². The fourth-order valence-corrected chi connectivity index (χ4v) is 8.94. The van der Waals surface area contributed by atoms with Crippen molar-refractivity contribution in [3.05, 3.63) is 116 Å². The first-order valence-electron chi connectivity index (χ1n) is 18.9. The summed E-state index contributed by atoms with van der Waals surface area (Å²) >= 11 is 6.59. The van der Waals surface area contributed by atoms with Crippen molar-refractivity contribution >= 4 is 55.3 Å². The van der Waals surface area contributed by atoms with Gasteiger partial charge in [-0.3, -0.25) is 28.2 Å². The first-order chi connectivity index (χ1) is 30.2. The molecule has 0 bridgehead atoms. The number of benzene rings is 2. The number of hydrogen-bond acceptors (Lipinski definition) is 10. The van der Waals surface area contributed by atoms with Crippen LogP contribution in [0.1, 0.15) is 65.3 Å². The number of nitrogens with one attached hydrogen (secondary N) is 2. The minimum absolute atomic E-state index is 0.0105. The molecule has 9 rings (SSSR count). The van der Waals surface area contributed by atoms with Crippen molar-refractivity contribution < 1.29 is 48.3 Å². The van der Waals surface area contributed by atoms with Crippen LogP contribution in [0.5, 0.6) is 0 Å². The van der Waals surface area contributed by atoms with Crippen molar-refractivity contribution in [3.8, 4) is 17.2 Å². The number of alkyl halides is 6. The first kappa shape index (κ1) is 42.7. The molecule has 0 radical (unpaired) electrons. The molecule has 3 atom stereocenters. The number of aryl methyl sites for hydroxylation is 1. The molecule has 332 valence electrons. The smallest absolute Gasteiger partial charge is 0.293 e. The fourth-order valence-electron chi connectivity index (χ4n) is 8.20. The van der Waals surface area contributed by atoms with Gasteiger partial charge in [0.25, 0.3) is 24.3 Å². The molecule has 7 aromatic rings. The molecule has 0 spiro atoms. The highest BCUT2D eigenvalue weighted by molar-refractivity contribution is 7.92. The van der Waals surface area contributed by atoms with Gasteiger partial charge in [0.2, 0.25) is 15.9 Å². The van der Waals surface area contributed by atoms with Gasteiger partial charge in [0.05, 0.1) is 39.3 Å². The van der Waals surface area contributed by atoms with Gasteiger partial charge in [-0.2, -0.15) is 19.0 Å². The highest BCUT2D eigenvalue weighted by Crippen LogP contribution is 2.68. The van der Waals surface area contributed by atoms with E-state index in [9.17, 15) is 44.3 Å². The first-order valence-corrected chi connectivity index (χ1v) is 21.2. The van der Waals surface area contributed by atoms with Gasteiger partial charge in [0, 0.05) is 37.2 Å². The molecule has 5 aromatic heterocycles. The Bertz CT molecular complexity index is 3250. The lowest BCUT2D eigenvalue weighted by Gasteiger charge is -2.24. The average Bonchev–Trinajstić information content (AvgIpc) is 3.75. The number of pyridine rings is 1. The van der Waals surface area contributed by atoms with E-state index in [1.165, 1.54) is 36.0 Å². The number of fused-ring (bicyclic) bond motifs is 5. The van der Waals surface area contributed by atoms with Crippen LogP contribution >= 0.6 is 11.6 Å². The third-order valence-electron chi connectivity index (χ3n) is 10.8. The lowest BCUT2D eigenvalue weighted by Crippen LogP contribution is -2.38. The minimum atomic E-state index is -3.97. The summed E-state index contributed by atoms with van der Waals surface area (Å²) in [5.74, 6) is -9.97. The zero-order chi connectivity index (χ0) is 45.7. The van der Waals surface area contributed by atoms with Gasteiger partial charge in [-0.25, -0.2) is 54.7 Å². The molecular formula is C39H28ClF8N11O4S. The standard InChI is InChI=1S/C39H28ClF8N11O4S/c1-57-30-25(6-4-21(40)28(30)36(55-57)56-64(2,62)63)59-37(53-34-18(38(59)61)3-5-23(52-34)35-49-8-7-22(51-35)32(43)44)24(11-15-9-16(41)12-17(42)10-15)50-26(60)14-58-31-27(29(54-58)33(45)46)19-13-20(19)39(31,47)48/h3-10,12,19-20,24,32-33H,11,13-14H2,1-2H3,(H,50,60)(H,55,56)/t19-,20+,24-/m0/s1. The fraction of sp³-hybridized carbons (Fsp3) is 0.282. The van der Waals surface area contributed by atoms with Crippen LogP contribution in [0, 0.1) is 17.6 Å². The van der Waals surface area contributed by atoms with Gasteiger partial charge in [-0.1, -0.05) is 11.6 Å². The van der Waals surface area contributed by atoms with Crippen LogP contribution in [-0.2, 0) is 40.8 Å². The van der Waals surface area contributed by atoms with E-state index in [0.717, 1.165) is 35.2 Å². The van der Waals surface area contributed by atoms with E-state index in [0.29, 0.717) is 10.7 Å². The molecule has 0 unspecified atom stereocenters. The Morgan fingerprint density at radius 1 is 0.984 bits per heavy atom. The number of nitrogens with zero attached hydrogens (tertiary/aromatic N) is 9. The van der Waals surface area contributed by atoms with E-state index in [4.69, 9.17) is 11.6 Å². The van der Waals surface area contributed by atoms with Crippen LogP contribution in [-0.4, -0.2) is 64.6 Å². The Morgan fingerprint density at radius 3 is 2.41 bits per heavy atom. The minimum Gasteiger partial charge on any atom is -0.344 e. The van der Waals surface area contributed by atoms with Crippen molar-refractivity contribution in [2.45, 2.75) is 50.1 Å². The highest BCUT2D eigenvalue weighted by atomic mass is 35.5. The maximum Gasteiger partial charge on any atom is 0.293 e. The van der Waals surface area contributed by atoms with Crippen LogP contribution in [0.4, 0.5) is 40.9 Å². The molecule has 2 aromatic carbocycles. The molecule has 1 fully saturated rings. The molecule has 0 aliphatic heterocycles. The molecule has 64 heavy (non-hydrogen) atoms. The lowest BCUT2D eigenvalue weighted by molar-refractivity contribution is -0.123. The summed E-state index contributed by atoms with van der Waals surface area (Å²) in [5.41, 5.74) is -4.41. The van der Waals surface area contributed by atoms with Crippen molar-refractivity contribution in [2.75, 3.05) is 11.0 Å². The van der Waals surface area contributed by atoms with E-state index in [1.807, 2.05) is 0 Å². The predicted molar refractivity (Wildman–Crippen MR) is 212 cm³/mol. The molecule has 5 heterocycles. The topological polar surface area (TPSA) is 184 Å². The molecule has 2 aliphatic rings. The summed E-state index contributed by atoms with van der Waals surface area (Å²) in [6.07, 6.45) is -4.96. The van der Waals surface area contributed by atoms with Crippen LogP contribution in [0.3, 0.4) is 0 Å². The molecule has 1 amide bonds. The largest absolute Gasteiger partial charge is 0.344 e. The van der Waals surface area contributed by atoms with Gasteiger partial charge in [0.1, 0.15) is 46.8 Å². The zero-order valence-corrected chi connectivity index (χ0v) is 34.2. The quantitative estimate of drug-likeness (QED) is 0.124. The molecule has 2 aliphatic carbocycles. The number of anilines is 1. The Labute approximate surface area is 359 Å². The summed E-state index contributed by atoms with van der Waals surface area (Å²) < 4.78 is 146. The third-order valence-corrected chi connectivity index (χ3v) is 11.7. The van der Waals surface area contributed by atoms with Gasteiger partial charge in [-0.15, -0.1) is 0 Å². The predicted octanol–water partition coefficient (Wildman–Crippen LogP) is 6.81. The molecule has 2 N–H and O–H groups in total. The van der Waals surface area contributed by atoms with Crippen molar-refractivity contribution in [2.24, 2.45) is 13.0 Å². The number of halogens is 9. The summed E-state index contributed by atoms with van der Waals surface area (Å²) in [6, 6.07) is 6.79. The lowest BCUT2D eigenvalue weighted by atomic mass is 10.0. The van der Waals surface area contributed by atoms with Gasteiger partial charge >= 0.3 is 0 Å². The maximum absolute atomic E-state index is 15.5. The maximum atomic E-state index is 15.5. The molecule has 1 saturated carbocycles. The van der Waals surface area contributed by atoms with Crippen molar-refractivity contribution in [1.82, 2.24) is 49.4 Å². The monoisotopic (exact) mass is 933 g/mol. The summed E-state index contributed by atoms with van der Waals surface area (Å²) in [7, 11) is -2.58.